The van der Waals surface area contributed by atoms with Crippen LogP contribution in [-0.2, 0) is 10.8 Å². The van der Waals surface area contributed by atoms with Crippen molar-refractivity contribution in [3.05, 3.63) is 222 Å². The molecule has 1 aliphatic heterocycles. The molecule has 4 heteroatoms. The van der Waals surface area contributed by atoms with Gasteiger partial charge in [0, 0.05) is 27.8 Å². The van der Waals surface area contributed by atoms with E-state index < -0.39 is 5.41 Å². The zero-order valence-electron chi connectivity index (χ0n) is 37.4. The summed E-state index contributed by atoms with van der Waals surface area (Å²) in [5.74, 6) is 6.55. The summed E-state index contributed by atoms with van der Waals surface area (Å²) in [5, 5.41) is 0. The van der Waals surface area contributed by atoms with Gasteiger partial charge >= 0.3 is 0 Å². The highest BCUT2D eigenvalue weighted by atomic mass is 16.5. The number of nitrogens with zero attached hydrogens (tertiary/aromatic N) is 3. The number of fused-ring (bicyclic) bond motifs is 10. The Hall–Kier alpha value is -7.43. The molecule has 4 saturated carbocycles. The summed E-state index contributed by atoms with van der Waals surface area (Å²) in [6.45, 7) is 0. The second-order valence-electron chi connectivity index (χ2n) is 20.1. The SMILES string of the molecule is c1ccc(-c2cccc(-c3nc(-c4ccc(-c5cccc6c5-c5ccccc5C65c6ccccc6Oc6ccccc65)cc4)nc(-c4ccc(C56CCC7C[C@H](C[C@@H](C7)C5)C6)cc4)n3)c2)cc1. The average molecular weight is 864 g/mol. The van der Waals surface area contributed by atoms with Crippen molar-refractivity contribution in [1.29, 1.82) is 0 Å². The molecule has 5 aliphatic carbocycles. The number of hydrogen-bond acceptors (Lipinski definition) is 4. The number of aromatic nitrogens is 3. The molecule has 0 saturated heterocycles. The fourth-order valence-corrected chi connectivity index (χ4v) is 13.7. The van der Waals surface area contributed by atoms with Gasteiger partial charge in [0.15, 0.2) is 17.5 Å². The van der Waals surface area contributed by atoms with Crippen LogP contribution in [0.2, 0.25) is 0 Å². The highest BCUT2D eigenvalue weighted by Crippen LogP contribution is 2.63. The lowest BCUT2D eigenvalue weighted by molar-refractivity contribution is 0.113. The molecule has 9 aromatic rings. The van der Waals surface area contributed by atoms with E-state index in [2.05, 4.69) is 194 Å². The largest absolute Gasteiger partial charge is 0.457 e. The number of para-hydroxylation sites is 2. The lowest BCUT2D eigenvalue weighted by Crippen LogP contribution is -2.37. The van der Waals surface area contributed by atoms with E-state index in [1.165, 1.54) is 89.5 Å². The second kappa shape index (κ2) is 15.1. The van der Waals surface area contributed by atoms with Gasteiger partial charge in [-0.05, 0) is 136 Å². The standard InChI is InChI=1S/C63H49N3O/c1-2-12-43(13-3-1)47-14-10-15-48(37-47)61-65-59(64-60(66-61)46-28-30-49(31-29-46)62-33-32-40-34-41(38-62)36-42(35-40)39-62)45-26-24-44(25-27-45)50-17-11-21-55-58(50)51-16-4-5-18-52(51)63(55)53-19-6-8-22-56(53)67-57-23-9-7-20-54(57)63/h1-31,37,40-42H,32-36,38-39H2/t40?,41-,42-,62?/m1/s1. The van der Waals surface area contributed by atoms with Crippen molar-refractivity contribution in [3.63, 3.8) is 0 Å². The molecule has 67 heavy (non-hydrogen) atoms. The molecule has 1 spiro atoms. The van der Waals surface area contributed by atoms with Gasteiger partial charge in [-0.25, -0.2) is 15.0 Å². The summed E-state index contributed by atoms with van der Waals surface area (Å²) >= 11 is 0. The summed E-state index contributed by atoms with van der Waals surface area (Å²) in [6.07, 6.45) is 9.75. The van der Waals surface area contributed by atoms with Gasteiger partial charge in [-0.3, -0.25) is 0 Å². The van der Waals surface area contributed by atoms with Gasteiger partial charge in [0.1, 0.15) is 11.5 Å². The Morgan fingerprint density at radius 1 is 0.388 bits per heavy atom. The molecule has 15 rings (SSSR count). The molecule has 8 aromatic carbocycles. The van der Waals surface area contributed by atoms with Gasteiger partial charge in [0.05, 0.1) is 5.41 Å². The van der Waals surface area contributed by atoms with Crippen LogP contribution in [-0.4, -0.2) is 15.0 Å². The molecule has 322 valence electrons. The molecule has 2 heterocycles. The van der Waals surface area contributed by atoms with Crippen molar-refractivity contribution >= 4 is 0 Å². The molecule has 4 fully saturated rings. The Bertz CT molecular complexity index is 3330. The Morgan fingerprint density at radius 3 is 1.60 bits per heavy atom. The van der Waals surface area contributed by atoms with Gasteiger partial charge in [-0.1, -0.05) is 176 Å². The maximum absolute atomic E-state index is 6.60. The number of ether oxygens (including phenoxy) is 1. The minimum atomic E-state index is -0.518. The average Bonchev–Trinajstić information content (AvgIpc) is 3.52. The fourth-order valence-electron chi connectivity index (χ4n) is 13.7. The molecule has 6 aliphatic rings. The van der Waals surface area contributed by atoms with E-state index >= 15 is 0 Å². The molecule has 0 amide bonds. The molecule has 4 bridgehead atoms. The van der Waals surface area contributed by atoms with Crippen LogP contribution in [0.4, 0.5) is 0 Å². The predicted octanol–water partition coefficient (Wildman–Crippen LogP) is 15.5. The summed E-state index contributed by atoms with van der Waals surface area (Å²) < 4.78 is 6.60. The topological polar surface area (TPSA) is 47.9 Å². The first-order chi connectivity index (χ1) is 33.1. The van der Waals surface area contributed by atoms with Gasteiger partial charge < -0.3 is 4.74 Å². The molecule has 1 aromatic heterocycles. The molecule has 0 N–H and O–H groups in total. The zero-order valence-corrected chi connectivity index (χ0v) is 37.4. The quantitative estimate of drug-likeness (QED) is 0.167. The maximum Gasteiger partial charge on any atom is 0.164 e. The van der Waals surface area contributed by atoms with E-state index in [1.54, 1.807) is 0 Å². The molecule has 0 radical (unpaired) electrons. The van der Waals surface area contributed by atoms with E-state index in [0.29, 0.717) is 22.9 Å². The van der Waals surface area contributed by atoms with E-state index in [4.69, 9.17) is 19.7 Å². The second-order valence-corrected chi connectivity index (χ2v) is 20.1. The van der Waals surface area contributed by atoms with E-state index in [0.717, 1.165) is 62.6 Å². The van der Waals surface area contributed by atoms with Crippen LogP contribution in [0.3, 0.4) is 0 Å². The Kier molecular flexibility index (Phi) is 8.72. The third-order valence-electron chi connectivity index (χ3n) is 16.3. The van der Waals surface area contributed by atoms with Gasteiger partial charge in [-0.2, -0.15) is 0 Å². The summed E-state index contributed by atoms with van der Waals surface area (Å²) in [6, 6.07) is 70.2. The van der Waals surface area contributed by atoms with Crippen molar-refractivity contribution in [3.8, 4) is 79.0 Å². The normalized spacial score (nSPS) is 21.2. The van der Waals surface area contributed by atoms with Gasteiger partial charge in [-0.15, -0.1) is 0 Å². The van der Waals surface area contributed by atoms with Crippen LogP contribution in [0, 0.1) is 17.8 Å². The van der Waals surface area contributed by atoms with Crippen molar-refractivity contribution in [2.45, 2.75) is 55.8 Å². The van der Waals surface area contributed by atoms with Crippen LogP contribution < -0.4 is 4.74 Å². The smallest absolute Gasteiger partial charge is 0.164 e. The van der Waals surface area contributed by atoms with Crippen LogP contribution in [0.5, 0.6) is 11.5 Å². The fraction of sp³-hybridized carbons (Fsp3) is 0.190. The first kappa shape index (κ1) is 38.8. The molecular weight excluding hydrogens is 815 g/mol. The highest BCUT2D eigenvalue weighted by Gasteiger charge is 2.52. The lowest BCUT2D eigenvalue weighted by Gasteiger charge is -2.45. The van der Waals surface area contributed by atoms with E-state index in [1.807, 2.05) is 0 Å². The first-order valence-corrected chi connectivity index (χ1v) is 24.3. The Morgan fingerprint density at radius 2 is 0.896 bits per heavy atom. The van der Waals surface area contributed by atoms with Crippen molar-refractivity contribution in [1.82, 2.24) is 15.0 Å². The van der Waals surface area contributed by atoms with Crippen molar-refractivity contribution in [2.24, 2.45) is 17.8 Å². The third kappa shape index (κ3) is 6.08. The van der Waals surface area contributed by atoms with E-state index in [-0.39, 0.29) is 0 Å². The number of rotatable bonds is 6. The number of benzene rings is 8. The van der Waals surface area contributed by atoms with Crippen LogP contribution in [0.25, 0.3) is 67.5 Å². The number of hydrogen-bond donors (Lipinski definition) is 0. The lowest BCUT2D eigenvalue weighted by atomic mass is 9.59. The third-order valence-corrected chi connectivity index (χ3v) is 16.3. The predicted molar refractivity (Wildman–Crippen MR) is 269 cm³/mol. The van der Waals surface area contributed by atoms with Gasteiger partial charge in [0.25, 0.3) is 0 Å². The Balaban J connectivity index is 0.876. The zero-order chi connectivity index (χ0) is 44.1. The molecule has 4 nitrogen and oxygen atoms in total. The molecular formula is C63H49N3O. The monoisotopic (exact) mass is 863 g/mol. The Labute approximate surface area is 392 Å². The first-order valence-electron chi connectivity index (χ1n) is 24.3. The van der Waals surface area contributed by atoms with Crippen LogP contribution in [0.1, 0.15) is 72.8 Å². The summed E-state index contributed by atoms with van der Waals surface area (Å²) in [5.41, 5.74) is 16.3. The van der Waals surface area contributed by atoms with Crippen LogP contribution in [0.15, 0.2) is 194 Å². The van der Waals surface area contributed by atoms with Crippen molar-refractivity contribution < 1.29 is 4.74 Å². The molecule has 0 unspecified atom stereocenters. The highest BCUT2D eigenvalue weighted by molar-refractivity contribution is 5.96. The maximum atomic E-state index is 6.60. The minimum Gasteiger partial charge on any atom is -0.457 e. The van der Waals surface area contributed by atoms with Crippen LogP contribution >= 0.6 is 0 Å². The summed E-state index contributed by atoms with van der Waals surface area (Å²) in [4.78, 5) is 15.8. The van der Waals surface area contributed by atoms with Gasteiger partial charge in [0.2, 0.25) is 0 Å². The van der Waals surface area contributed by atoms with E-state index in [9.17, 15) is 0 Å². The minimum absolute atomic E-state index is 0.313. The van der Waals surface area contributed by atoms with Crippen molar-refractivity contribution in [2.75, 3.05) is 0 Å². The molecule has 2 atom stereocenters. The summed E-state index contributed by atoms with van der Waals surface area (Å²) in [7, 11) is 0.